The van der Waals surface area contributed by atoms with Gasteiger partial charge in [-0.05, 0) is 29.9 Å². The van der Waals surface area contributed by atoms with Gasteiger partial charge in [0, 0.05) is 22.7 Å². The molecular weight excluding hydrogens is 290 g/mol. The minimum Gasteiger partial charge on any atom is -0.484 e. The largest absolute Gasteiger partial charge is 0.484 e. The number of thiophene rings is 1. The Morgan fingerprint density at radius 1 is 1.05 bits per heavy atom. The monoisotopic (exact) mass is 311 g/mol. The Hall–Kier alpha value is -1.84. The number of fused-ring (bicyclic) bond motifs is 1. The van der Waals surface area contributed by atoms with Gasteiger partial charge < -0.3 is 10.1 Å². The van der Waals surface area contributed by atoms with Crippen molar-refractivity contribution < 1.29 is 4.74 Å². The summed E-state index contributed by atoms with van der Waals surface area (Å²) in [5.41, 5.74) is 0. The van der Waals surface area contributed by atoms with Crippen LogP contribution in [-0.4, -0.2) is 13.6 Å². The highest BCUT2D eigenvalue weighted by Gasteiger charge is 2.22. The summed E-state index contributed by atoms with van der Waals surface area (Å²) in [6.07, 6.45) is 0.0678. The van der Waals surface area contributed by atoms with E-state index in [1.54, 1.807) is 11.3 Å². The van der Waals surface area contributed by atoms with Crippen LogP contribution in [0.3, 0.4) is 0 Å². The van der Waals surface area contributed by atoms with E-state index >= 15 is 0 Å². The van der Waals surface area contributed by atoms with E-state index in [4.69, 9.17) is 4.74 Å². The second-order valence-electron chi connectivity index (χ2n) is 5.57. The summed E-state index contributed by atoms with van der Waals surface area (Å²) in [6, 6.07) is 18.9. The zero-order chi connectivity index (χ0) is 15.4. The molecule has 0 aliphatic carbocycles. The summed E-state index contributed by atoms with van der Waals surface area (Å²) in [7, 11) is 1.99. The molecule has 0 bridgehead atoms. The van der Waals surface area contributed by atoms with Gasteiger partial charge in [-0.25, -0.2) is 0 Å². The van der Waals surface area contributed by atoms with Crippen molar-refractivity contribution in [3.05, 3.63) is 64.9 Å². The third-order valence-corrected chi connectivity index (χ3v) is 4.80. The smallest absolute Gasteiger partial charge is 0.137 e. The van der Waals surface area contributed by atoms with Crippen molar-refractivity contribution >= 4 is 22.1 Å². The summed E-state index contributed by atoms with van der Waals surface area (Å²) >= 11 is 1.76. The first-order chi connectivity index (χ1) is 10.8. The molecule has 0 saturated carbocycles. The minimum atomic E-state index is 0.0678. The maximum Gasteiger partial charge on any atom is 0.137 e. The zero-order valence-electron chi connectivity index (χ0n) is 13.0. The lowest BCUT2D eigenvalue weighted by Gasteiger charge is -2.25. The summed E-state index contributed by atoms with van der Waals surface area (Å²) in [6.45, 7) is 3.15. The number of hydrogen-bond donors (Lipinski definition) is 1. The van der Waals surface area contributed by atoms with Crippen molar-refractivity contribution in [3.63, 3.8) is 0 Å². The van der Waals surface area contributed by atoms with Crippen molar-refractivity contribution in [2.24, 2.45) is 5.92 Å². The number of hydrogen-bond acceptors (Lipinski definition) is 3. The summed E-state index contributed by atoms with van der Waals surface area (Å²) in [4.78, 5) is 1.27. The van der Waals surface area contributed by atoms with Gasteiger partial charge in [-0.15, -0.1) is 11.3 Å². The second-order valence-corrected chi connectivity index (χ2v) is 6.55. The van der Waals surface area contributed by atoms with Crippen LogP contribution in [0, 0.1) is 5.92 Å². The fraction of sp³-hybridized carbons (Fsp3) is 0.263. The minimum absolute atomic E-state index is 0.0678. The van der Waals surface area contributed by atoms with E-state index in [0.717, 1.165) is 12.3 Å². The van der Waals surface area contributed by atoms with Crippen LogP contribution in [0.25, 0.3) is 10.8 Å². The Kier molecular flexibility index (Phi) is 4.76. The van der Waals surface area contributed by atoms with Crippen molar-refractivity contribution in [1.29, 1.82) is 0 Å². The Labute approximate surface area is 135 Å². The van der Waals surface area contributed by atoms with Gasteiger partial charge in [-0.2, -0.15) is 0 Å². The van der Waals surface area contributed by atoms with Crippen LogP contribution in [0.5, 0.6) is 5.75 Å². The molecule has 0 aliphatic rings. The average molecular weight is 311 g/mol. The molecule has 0 fully saturated rings. The van der Waals surface area contributed by atoms with E-state index in [1.807, 2.05) is 7.05 Å². The first-order valence-electron chi connectivity index (χ1n) is 7.62. The quantitative estimate of drug-likeness (QED) is 0.701. The molecule has 3 aromatic rings. The molecule has 2 atom stereocenters. The SMILES string of the molecule is CNCC(C)C(Oc1cccc2ccccc12)c1cccs1. The zero-order valence-corrected chi connectivity index (χ0v) is 13.8. The molecule has 0 radical (unpaired) electrons. The Bertz CT molecular complexity index is 718. The van der Waals surface area contributed by atoms with Gasteiger partial charge in [0.15, 0.2) is 0 Å². The van der Waals surface area contributed by atoms with E-state index in [9.17, 15) is 0 Å². The number of ether oxygens (including phenoxy) is 1. The molecule has 2 unspecified atom stereocenters. The highest BCUT2D eigenvalue weighted by molar-refractivity contribution is 7.10. The van der Waals surface area contributed by atoms with Gasteiger partial charge in [0.2, 0.25) is 0 Å². The standard InChI is InChI=1S/C19H21NOS/c1-14(13-20-2)19(18-11-6-12-22-18)21-17-10-5-8-15-7-3-4-9-16(15)17/h3-12,14,19-20H,13H2,1-2H3. The summed E-state index contributed by atoms with van der Waals surface area (Å²) in [5.74, 6) is 1.35. The molecule has 3 heteroatoms. The van der Waals surface area contributed by atoms with Gasteiger partial charge in [-0.1, -0.05) is 49.4 Å². The normalized spacial score (nSPS) is 13.9. The fourth-order valence-electron chi connectivity index (χ4n) is 2.77. The molecule has 2 aromatic carbocycles. The van der Waals surface area contributed by atoms with Crippen molar-refractivity contribution in [1.82, 2.24) is 5.32 Å². The maximum atomic E-state index is 6.46. The van der Waals surface area contributed by atoms with Crippen LogP contribution in [-0.2, 0) is 0 Å². The van der Waals surface area contributed by atoms with Crippen molar-refractivity contribution in [3.8, 4) is 5.75 Å². The molecule has 22 heavy (non-hydrogen) atoms. The van der Waals surface area contributed by atoms with Crippen LogP contribution in [0.4, 0.5) is 0 Å². The van der Waals surface area contributed by atoms with E-state index in [1.165, 1.54) is 15.6 Å². The molecule has 1 heterocycles. The number of benzene rings is 2. The average Bonchev–Trinajstić information content (AvgIpc) is 3.07. The van der Waals surface area contributed by atoms with E-state index in [-0.39, 0.29) is 6.10 Å². The Balaban J connectivity index is 1.95. The van der Waals surface area contributed by atoms with Crippen molar-refractivity contribution in [2.75, 3.05) is 13.6 Å². The first-order valence-corrected chi connectivity index (χ1v) is 8.50. The third kappa shape index (κ3) is 3.16. The van der Waals surface area contributed by atoms with E-state index in [0.29, 0.717) is 5.92 Å². The lowest BCUT2D eigenvalue weighted by molar-refractivity contribution is 0.149. The topological polar surface area (TPSA) is 21.3 Å². The van der Waals surface area contributed by atoms with E-state index in [2.05, 4.69) is 72.2 Å². The molecule has 0 amide bonds. The lowest BCUT2D eigenvalue weighted by atomic mass is 10.0. The van der Waals surface area contributed by atoms with Crippen LogP contribution in [0.15, 0.2) is 60.0 Å². The van der Waals surface area contributed by atoms with Crippen LogP contribution in [0.2, 0.25) is 0 Å². The molecule has 0 aliphatic heterocycles. The lowest BCUT2D eigenvalue weighted by Crippen LogP contribution is -2.25. The molecule has 0 saturated heterocycles. The van der Waals surface area contributed by atoms with E-state index < -0.39 is 0 Å². The molecule has 1 N–H and O–H groups in total. The molecular formula is C19H21NOS. The van der Waals surface area contributed by atoms with Crippen LogP contribution < -0.4 is 10.1 Å². The molecule has 3 rings (SSSR count). The van der Waals surface area contributed by atoms with Gasteiger partial charge in [0.05, 0.1) is 0 Å². The van der Waals surface area contributed by atoms with Gasteiger partial charge >= 0.3 is 0 Å². The maximum absolute atomic E-state index is 6.46. The molecule has 114 valence electrons. The Morgan fingerprint density at radius 3 is 2.64 bits per heavy atom. The van der Waals surface area contributed by atoms with Gasteiger partial charge in [0.25, 0.3) is 0 Å². The highest BCUT2D eigenvalue weighted by atomic mass is 32.1. The molecule has 2 nitrogen and oxygen atoms in total. The second kappa shape index (κ2) is 6.95. The first kappa shape index (κ1) is 15.1. The Morgan fingerprint density at radius 2 is 1.86 bits per heavy atom. The molecule has 0 spiro atoms. The summed E-state index contributed by atoms with van der Waals surface area (Å²) in [5, 5.41) is 7.75. The highest BCUT2D eigenvalue weighted by Crippen LogP contribution is 2.34. The fourth-order valence-corrected chi connectivity index (χ4v) is 3.66. The van der Waals surface area contributed by atoms with Gasteiger partial charge in [0.1, 0.15) is 11.9 Å². The van der Waals surface area contributed by atoms with Crippen LogP contribution >= 0.6 is 11.3 Å². The molecule has 1 aromatic heterocycles. The predicted molar refractivity (Wildman–Crippen MR) is 94.7 cm³/mol. The third-order valence-electron chi connectivity index (χ3n) is 3.87. The predicted octanol–water partition coefficient (Wildman–Crippen LogP) is 4.88. The number of rotatable bonds is 6. The number of nitrogens with one attached hydrogen (secondary N) is 1. The van der Waals surface area contributed by atoms with Gasteiger partial charge in [-0.3, -0.25) is 0 Å². The van der Waals surface area contributed by atoms with Crippen LogP contribution in [0.1, 0.15) is 17.9 Å². The van der Waals surface area contributed by atoms with Crippen molar-refractivity contribution in [2.45, 2.75) is 13.0 Å². The summed E-state index contributed by atoms with van der Waals surface area (Å²) < 4.78 is 6.46.